The van der Waals surface area contributed by atoms with Crippen molar-refractivity contribution in [3.8, 4) is 0 Å². The average Bonchev–Trinajstić information content (AvgIpc) is 3.09. The lowest BCUT2D eigenvalue weighted by Crippen LogP contribution is -2.23. The first-order valence-corrected chi connectivity index (χ1v) is 10.2. The molecule has 0 radical (unpaired) electrons. The van der Waals surface area contributed by atoms with E-state index in [0.29, 0.717) is 28.5 Å². The molecule has 0 aliphatic heterocycles. The maximum absolute atomic E-state index is 13.0. The molecule has 4 rings (SSSR count). The number of benzene rings is 2. The molecule has 0 aliphatic rings. The second-order valence-corrected chi connectivity index (χ2v) is 7.41. The third-order valence-corrected chi connectivity index (χ3v) is 5.33. The fraction of sp³-hybridized carbons (Fsp3) is 0.190. The summed E-state index contributed by atoms with van der Waals surface area (Å²) in [5.74, 6) is -0.573. The number of hydrogen-bond acceptors (Lipinski definition) is 5. The van der Waals surface area contributed by atoms with E-state index in [1.807, 2.05) is 25.1 Å². The minimum absolute atomic E-state index is 0.0643. The molecule has 148 valence electrons. The van der Waals surface area contributed by atoms with Crippen LogP contribution in [0.3, 0.4) is 0 Å². The quantitative estimate of drug-likeness (QED) is 0.375. The summed E-state index contributed by atoms with van der Waals surface area (Å²) in [6.07, 6.45) is 0.739. The van der Waals surface area contributed by atoms with Crippen LogP contribution in [0.5, 0.6) is 0 Å². The number of fused-ring (bicyclic) bond motifs is 3. The average molecular weight is 411 g/mol. The van der Waals surface area contributed by atoms with Crippen molar-refractivity contribution < 1.29 is 13.6 Å². The van der Waals surface area contributed by atoms with E-state index < -0.39 is 0 Å². The highest BCUT2D eigenvalue weighted by Crippen LogP contribution is 2.27. The molecule has 0 fully saturated rings. The molecule has 0 atom stereocenters. The van der Waals surface area contributed by atoms with Gasteiger partial charge in [0, 0.05) is 17.6 Å². The highest BCUT2D eigenvalue weighted by molar-refractivity contribution is 7.99. The number of carbonyl (C=O) groups excluding carboxylic acids is 1. The van der Waals surface area contributed by atoms with Crippen molar-refractivity contribution in [2.24, 2.45) is 0 Å². The minimum atomic E-state index is -0.370. The van der Waals surface area contributed by atoms with Crippen molar-refractivity contribution in [3.63, 3.8) is 0 Å². The molecule has 1 N–H and O–H groups in total. The van der Waals surface area contributed by atoms with E-state index in [4.69, 9.17) is 4.42 Å². The first-order chi connectivity index (χ1) is 14.1. The lowest BCUT2D eigenvalue weighted by molar-refractivity contribution is -0.113. The summed E-state index contributed by atoms with van der Waals surface area (Å²) in [5, 5.41) is 3.93. The van der Waals surface area contributed by atoms with Crippen LogP contribution in [-0.4, -0.2) is 21.2 Å². The highest BCUT2D eigenvalue weighted by atomic mass is 32.2. The number of rotatable bonds is 6. The number of thioether (sulfide) groups is 1. The van der Waals surface area contributed by atoms with Gasteiger partial charge >= 0.3 is 0 Å². The van der Waals surface area contributed by atoms with Crippen molar-refractivity contribution in [2.45, 2.75) is 25.0 Å². The molecule has 0 unspecified atom stereocenters. The topological polar surface area (TPSA) is 77.1 Å². The Morgan fingerprint density at radius 1 is 1.21 bits per heavy atom. The molecule has 1 amide bonds. The lowest BCUT2D eigenvalue weighted by Gasteiger charge is -2.10. The third kappa shape index (κ3) is 3.88. The number of furan rings is 1. The zero-order valence-electron chi connectivity index (χ0n) is 15.6. The fourth-order valence-electron chi connectivity index (χ4n) is 3.04. The highest BCUT2D eigenvalue weighted by Gasteiger charge is 2.18. The second-order valence-electron chi connectivity index (χ2n) is 6.47. The van der Waals surface area contributed by atoms with Crippen LogP contribution in [-0.2, 0) is 11.3 Å². The molecule has 8 heteroatoms. The predicted molar refractivity (Wildman–Crippen MR) is 112 cm³/mol. The Morgan fingerprint density at radius 2 is 1.97 bits per heavy atom. The van der Waals surface area contributed by atoms with Crippen molar-refractivity contribution in [1.29, 1.82) is 0 Å². The Balaban J connectivity index is 1.63. The van der Waals surface area contributed by atoms with Gasteiger partial charge < -0.3 is 9.73 Å². The molecule has 29 heavy (non-hydrogen) atoms. The summed E-state index contributed by atoms with van der Waals surface area (Å²) in [6, 6.07) is 12.9. The number of nitrogens with zero attached hydrogens (tertiary/aromatic N) is 2. The Morgan fingerprint density at radius 3 is 2.72 bits per heavy atom. The Labute approximate surface area is 169 Å². The van der Waals surface area contributed by atoms with Crippen LogP contribution in [0.25, 0.3) is 22.1 Å². The molecule has 6 nitrogen and oxygen atoms in total. The van der Waals surface area contributed by atoms with Crippen LogP contribution in [0.2, 0.25) is 0 Å². The predicted octanol–water partition coefficient (Wildman–Crippen LogP) is 4.42. The number of nitrogens with one attached hydrogen (secondary N) is 1. The normalized spacial score (nSPS) is 11.2. The van der Waals surface area contributed by atoms with Gasteiger partial charge in [-0.05, 0) is 42.8 Å². The van der Waals surface area contributed by atoms with E-state index in [9.17, 15) is 14.0 Å². The number of halogens is 1. The number of anilines is 1. The first-order valence-electron chi connectivity index (χ1n) is 9.17. The summed E-state index contributed by atoms with van der Waals surface area (Å²) in [5.41, 5.74) is 1.58. The van der Waals surface area contributed by atoms with E-state index in [1.54, 1.807) is 10.6 Å². The van der Waals surface area contributed by atoms with Gasteiger partial charge in [-0.25, -0.2) is 9.37 Å². The second kappa shape index (κ2) is 8.08. The number of carbonyl (C=O) groups is 1. The number of amides is 1. The molecule has 0 saturated carbocycles. The van der Waals surface area contributed by atoms with E-state index >= 15 is 0 Å². The van der Waals surface area contributed by atoms with Gasteiger partial charge in [-0.1, -0.05) is 30.8 Å². The SMILES string of the molecule is CCCn1c(SCC(=O)Nc2ccc(F)cc2)nc2c(oc3ccccc32)c1=O. The van der Waals surface area contributed by atoms with E-state index in [1.165, 1.54) is 36.0 Å². The van der Waals surface area contributed by atoms with E-state index in [2.05, 4.69) is 10.3 Å². The molecule has 0 spiro atoms. The van der Waals surface area contributed by atoms with Crippen molar-refractivity contribution in [2.75, 3.05) is 11.1 Å². The summed E-state index contributed by atoms with van der Waals surface area (Å²) < 4.78 is 20.3. The zero-order chi connectivity index (χ0) is 20.4. The van der Waals surface area contributed by atoms with Crippen LogP contribution in [0.1, 0.15) is 13.3 Å². The fourth-order valence-corrected chi connectivity index (χ4v) is 3.86. The van der Waals surface area contributed by atoms with Crippen LogP contribution in [0.15, 0.2) is 62.9 Å². The third-order valence-electron chi connectivity index (χ3n) is 4.35. The molecule has 0 saturated heterocycles. The Hall–Kier alpha value is -3.13. The molecular weight excluding hydrogens is 393 g/mol. The molecule has 2 heterocycles. The molecule has 0 aliphatic carbocycles. The molecule has 2 aromatic heterocycles. The Bertz CT molecular complexity index is 1250. The smallest absolute Gasteiger partial charge is 0.297 e. The van der Waals surface area contributed by atoms with Crippen LogP contribution in [0.4, 0.5) is 10.1 Å². The minimum Gasteiger partial charge on any atom is -0.448 e. The van der Waals surface area contributed by atoms with Gasteiger partial charge in [0.05, 0.1) is 5.75 Å². The van der Waals surface area contributed by atoms with Gasteiger partial charge in [0.2, 0.25) is 11.5 Å². The van der Waals surface area contributed by atoms with E-state index in [-0.39, 0.29) is 28.6 Å². The van der Waals surface area contributed by atoms with Crippen LogP contribution < -0.4 is 10.9 Å². The Kier molecular flexibility index (Phi) is 5.35. The van der Waals surface area contributed by atoms with Crippen molar-refractivity contribution in [1.82, 2.24) is 9.55 Å². The summed E-state index contributed by atoms with van der Waals surface area (Å²) in [4.78, 5) is 29.9. The summed E-state index contributed by atoms with van der Waals surface area (Å²) in [7, 11) is 0. The van der Waals surface area contributed by atoms with Crippen molar-refractivity contribution >= 4 is 45.4 Å². The van der Waals surface area contributed by atoms with Gasteiger partial charge in [0.25, 0.3) is 5.56 Å². The molecule has 4 aromatic rings. The summed E-state index contributed by atoms with van der Waals surface area (Å²) in [6.45, 7) is 2.44. The number of aromatic nitrogens is 2. The van der Waals surface area contributed by atoms with Gasteiger partial charge in [-0.3, -0.25) is 14.2 Å². The summed E-state index contributed by atoms with van der Waals surface area (Å²) >= 11 is 1.18. The maximum Gasteiger partial charge on any atom is 0.297 e. The van der Waals surface area contributed by atoms with Gasteiger partial charge in [-0.15, -0.1) is 0 Å². The maximum atomic E-state index is 13.0. The molecular formula is C21H18FN3O3S. The standard InChI is InChI=1S/C21H18FN3O3S/c1-2-11-25-20(27)19-18(15-5-3-4-6-16(15)28-19)24-21(25)29-12-17(26)23-14-9-7-13(22)8-10-14/h3-10H,2,11-12H2,1H3,(H,23,26). The van der Waals surface area contributed by atoms with Crippen LogP contribution in [0, 0.1) is 5.82 Å². The van der Waals surface area contributed by atoms with Gasteiger partial charge in [-0.2, -0.15) is 0 Å². The van der Waals surface area contributed by atoms with E-state index in [0.717, 1.165) is 11.8 Å². The largest absolute Gasteiger partial charge is 0.448 e. The molecule has 0 bridgehead atoms. The van der Waals surface area contributed by atoms with Crippen molar-refractivity contribution in [3.05, 3.63) is 64.7 Å². The van der Waals surface area contributed by atoms with Gasteiger partial charge in [0.15, 0.2) is 5.16 Å². The number of para-hydroxylation sites is 1. The van der Waals surface area contributed by atoms with Crippen LogP contribution >= 0.6 is 11.8 Å². The zero-order valence-corrected chi connectivity index (χ0v) is 16.5. The lowest BCUT2D eigenvalue weighted by atomic mass is 10.2. The monoisotopic (exact) mass is 411 g/mol. The first kappa shape index (κ1) is 19.2. The molecule has 2 aromatic carbocycles. The number of hydrogen-bond donors (Lipinski definition) is 1. The van der Waals surface area contributed by atoms with Gasteiger partial charge in [0.1, 0.15) is 16.9 Å².